The summed E-state index contributed by atoms with van der Waals surface area (Å²) in [7, 11) is 0. The summed E-state index contributed by atoms with van der Waals surface area (Å²) in [6.45, 7) is 0. The Bertz CT molecular complexity index is 1560. The number of anilines is 1. The first-order chi connectivity index (χ1) is 16.0. The van der Waals surface area contributed by atoms with Crippen molar-refractivity contribution in [3.05, 3.63) is 76.7 Å². The van der Waals surface area contributed by atoms with Crippen molar-refractivity contribution < 1.29 is 9.50 Å². The second-order valence-electron chi connectivity index (χ2n) is 8.65. The fourth-order valence-electron chi connectivity index (χ4n) is 4.92. The molecule has 1 fully saturated rings. The van der Waals surface area contributed by atoms with E-state index in [4.69, 9.17) is 4.98 Å². The van der Waals surface area contributed by atoms with E-state index in [0.717, 1.165) is 44.7 Å². The van der Waals surface area contributed by atoms with Gasteiger partial charge < -0.3 is 15.4 Å². The van der Waals surface area contributed by atoms with Gasteiger partial charge in [-0.25, -0.2) is 9.37 Å². The van der Waals surface area contributed by atoms with Crippen LogP contribution in [0.4, 0.5) is 9.52 Å². The van der Waals surface area contributed by atoms with Crippen LogP contribution in [0.2, 0.25) is 0 Å². The maximum absolute atomic E-state index is 14.0. The number of thiazole rings is 1. The van der Waals surface area contributed by atoms with Gasteiger partial charge in [-0.3, -0.25) is 9.78 Å². The molecule has 0 spiro atoms. The number of benzene rings is 2. The van der Waals surface area contributed by atoms with E-state index in [9.17, 15) is 14.3 Å². The van der Waals surface area contributed by atoms with Gasteiger partial charge >= 0.3 is 0 Å². The molecule has 1 aliphatic carbocycles. The van der Waals surface area contributed by atoms with E-state index < -0.39 is 5.60 Å². The molecular weight excluding hydrogens is 439 g/mol. The van der Waals surface area contributed by atoms with E-state index in [1.807, 2.05) is 24.3 Å². The van der Waals surface area contributed by atoms with Crippen molar-refractivity contribution >= 4 is 48.2 Å². The number of aromatic amines is 1. The average Bonchev–Trinajstić information content (AvgIpc) is 3.25. The number of fused-ring (bicyclic) bond motifs is 6. The number of nitrogens with one attached hydrogen (secondary N) is 2. The molecule has 1 saturated carbocycles. The molecule has 0 amide bonds. The van der Waals surface area contributed by atoms with Crippen LogP contribution in [0.5, 0.6) is 0 Å². The number of pyridine rings is 2. The molecule has 0 saturated heterocycles. The van der Waals surface area contributed by atoms with Crippen molar-refractivity contribution in [1.82, 2.24) is 15.0 Å². The van der Waals surface area contributed by atoms with Crippen LogP contribution in [-0.4, -0.2) is 26.1 Å². The Labute approximate surface area is 192 Å². The summed E-state index contributed by atoms with van der Waals surface area (Å²) in [5, 5.41) is 17.9. The molecule has 8 heteroatoms. The molecule has 33 heavy (non-hydrogen) atoms. The van der Waals surface area contributed by atoms with Crippen LogP contribution in [-0.2, 0) is 5.60 Å². The van der Waals surface area contributed by atoms with Crippen LogP contribution < -0.4 is 10.9 Å². The van der Waals surface area contributed by atoms with E-state index in [1.54, 1.807) is 18.5 Å². The van der Waals surface area contributed by atoms with Crippen LogP contribution in [0.25, 0.3) is 31.8 Å². The largest absolute Gasteiger partial charge is 0.384 e. The summed E-state index contributed by atoms with van der Waals surface area (Å²) in [6, 6.07) is 12.1. The van der Waals surface area contributed by atoms with Gasteiger partial charge in [-0.1, -0.05) is 17.4 Å². The number of aromatic nitrogens is 3. The number of H-pyrrole nitrogens is 1. The predicted molar refractivity (Wildman–Crippen MR) is 129 cm³/mol. The molecule has 2 aromatic carbocycles. The highest BCUT2D eigenvalue weighted by Gasteiger charge is 2.36. The predicted octanol–water partition coefficient (Wildman–Crippen LogP) is 5.07. The monoisotopic (exact) mass is 460 g/mol. The zero-order chi connectivity index (χ0) is 22.6. The minimum atomic E-state index is -0.898. The molecule has 3 heterocycles. The lowest BCUT2D eigenvalue weighted by molar-refractivity contribution is -0.00725. The SMILES string of the molecule is O=c1[nH]ccc2c3sc(NC4CCC(O)(c5ccccn5)CC4)nc3c3ccc(F)cc3c12. The molecular formula is C25H21FN4O2S. The van der Waals surface area contributed by atoms with Crippen LogP contribution in [0.3, 0.4) is 0 Å². The summed E-state index contributed by atoms with van der Waals surface area (Å²) in [5.74, 6) is -0.387. The van der Waals surface area contributed by atoms with Crippen molar-refractivity contribution in [2.45, 2.75) is 37.3 Å². The second kappa shape index (κ2) is 7.60. The van der Waals surface area contributed by atoms with Crippen molar-refractivity contribution in [2.75, 3.05) is 5.32 Å². The second-order valence-corrected chi connectivity index (χ2v) is 9.65. The summed E-state index contributed by atoms with van der Waals surface area (Å²) in [6.07, 6.45) is 6.14. The summed E-state index contributed by atoms with van der Waals surface area (Å²) < 4.78 is 14.9. The first-order valence-electron chi connectivity index (χ1n) is 11.0. The van der Waals surface area contributed by atoms with Crippen molar-refractivity contribution in [3.63, 3.8) is 0 Å². The van der Waals surface area contributed by atoms with Gasteiger partial charge in [-0.15, -0.1) is 0 Å². The van der Waals surface area contributed by atoms with E-state index in [1.165, 1.54) is 23.5 Å². The van der Waals surface area contributed by atoms with Crippen LogP contribution in [0, 0.1) is 5.82 Å². The number of rotatable bonds is 3. The minimum Gasteiger partial charge on any atom is -0.384 e. The van der Waals surface area contributed by atoms with Gasteiger partial charge in [-0.2, -0.15) is 0 Å². The quantitative estimate of drug-likeness (QED) is 0.327. The van der Waals surface area contributed by atoms with Gasteiger partial charge in [0.1, 0.15) is 11.4 Å². The molecule has 1 aliphatic rings. The Morgan fingerprint density at radius 2 is 1.97 bits per heavy atom. The Kier molecular flexibility index (Phi) is 4.67. The summed E-state index contributed by atoms with van der Waals surface area (Å²) in [4.78, 5) is 24.5. The smallest absolute Gasteiger partial charge is 0.256 e. The fraction of sp³-hybridized carbons (Fsp3) is 0.240. The molecule has 3 aromatic heterocycles. The Balaban J connectivity index is 1.36. The molecule has 0 radical (unpaired) electrons. The number of halogens is 1. The van der Waals surface area contributed by atoms with Crippen LogP contribution in [0.15, 0.2) is 59.7 Å². The van der Waals surface area contributed by atoms with Crippen molar-refractivity contribution in [3.8, 4) is 0 Å². The fourth-order valence-corrected chi connectivity index (χ4v) is 6.01. The van der Waals surface area contributed by atoms with Crippen molar-refractivity contribution in [1.29, 1.82) is 0 Å². The average molecular weight is 461 g/mol. The maximum atomic E-state index is 14.0. The lowest BCUT2D eigenvalue weighted by Gasteiger charge is -2.35. The highest BCUT2D eigenvalue weighted by atomic mass is 32.1. The lowest BCUT2D eigenvalue weighted by Crippen LogP contribution is -2.36. The molecule has 0 aliphatic heterocycles. The topological polar surface area (TPSA) is 90.9 Å². The first-order valence-corrected chi connectivity index (χ1v) is 11.8. The van der Waals surface area contributed by atoms with Crippen LogP contribution >= 0.6 is 11.3 Å². The van der Waals surface area contributed by atoms with E-state index in [0.29, 0.717) is 23.6 Å². The maximum Gasteiger partial charge on any atom is 0.256 e. The van der Waals surface area contributed by atoms with Gasteiger partial charge in [0.15, 0.2) is 5.13 Å². The Hall–Kier alpha value is -3.36. The molecule has 5 aromatic rings. The molecule has 166 valence electrons. The number of aliphatic hydroxyl groups is 1. The van der Waals surface area contributed by atoms with Gasteiger partial charge in [-0.05, 0) is 62.1 Å². The number of nitrogens with zero attached hydrogens (tertiary/aromatic N) is 2. The Morgan fingerprint density at radius 3 is 2.76 bits per heavy atom. The number of hydrogen-bond acceptors (Lipinski definition) is 6. The van der Waals surface area contributed by atoms with Crippen molar-refractivity contribution in [2.24, 2.45) is 0 Å². The van der Waals surface area contributed by atoms with Gasteiger partial charge in [0.2, 0.25) is 0 Å². The van der Waals surface area contributed by atoms with Gasteiger partial charge in [0.05, 0.1) is 21.3 Å². The minimum absolute atomic E-state index is 0.174. The first kappa shape index (κ1) is 20.3. The molecule has 3 N–H and O–H groups in total. The van der Waals surface area contributed by atoms with E-state index in [-0.39, 0.29) is 17.4 Å². The zero-order valence-corrected chi connectivity index (χ0v) is 18.5. The standard InChI is InChI=1S/C25H21FN4O2S/c26-14-4-5-16-18(13-14)20-17(8-12-28-23(20)31)22-21(16)30-24(33-22)29-15-6-9-25(32,10-7-15)19-3-1-2-11-27-19/h1-5,8,11-13,15,32H,6-7,9-10H2,(H,28,31)(H,29,30). The summed E-state index contributed by atoms with van der Waals surface area (Å²) >= 11 is 1.50. The van der Waals surface area contributed by atoms with Gasteiger partial charge in [0.25, 0.3) is 5.56 Å². The molecule has 0 atom stereocenters. The third-order valence-corrected chi connectivity index (χ3v) is 7.64. The van der Waals surface area contributed by atoms with E-state index in [2.05, 4.69) is 15.3 Å². The van der Waals surface area contributed by atoms with E-state index >= 15 is 0 Å². The van der Waals surface area contributed by atoms with Crippen LogP contribution in [0.1, 0.15) is 31.4 Å². The molecule has 0 unspecified atom stereocenters. The zero-order valence-electron chi connectivity index (χ0n) is 17.6. The molecule has 0 bridgehead atoms. The molecule has 6 nitrogen and oxygen atoms in total. The summed E-state index contributed by atoms with van der Waals surface area (Å²) in [5.41, 5.74) is 0.342. The normalized spacial score (nSPS) is 21.1. The third kappa shape index (κ3) is 3.37. The highest BCUT2D eigenvalue weighted by molar-refractivity contribution is 7.23. The van der Waals surface area contributed by atoms with Gasteiger partial charge in [0, 0.05) is 34.6 Å². The number of hydrogen-bond donors (Lipinski definition) is 3. The molecule has 6 rings (SSSR count). The highest BCUT2D eigenvalue weighted by Crippen LogP contribution is 2.40. The Morgan fingerprint density at radius 1 is 1.12 bits per heavy atom. The third-order valence-electron chi connectivity index (χ3n) is 6.62. The lowest BCUT2D eigenvalue weighted by atomic mass is 9.80.